The number of anilines is 1. The zero-order chi connectivity index (χ0) is 21.6. The predicted molar refractivity (Wildman–Crippen MR) is 125 cm³/mol. The molecule has 0 unspecified atom stereocenters. The molecular formula is C22H21IN2O4S. The second-order valence-electron chi connectivity index (χ2n) is 6.46. The highest BCUT2D eigenvalue weighted by Gasteiger charge is 2.21. The molecule has 0 heterocycles. The summed E-state index contributed by atoms with van der Waals surface area (Å²) in [5.41, 5.74) is 1.87. The highest BCUT2D eigenvalue weighted by molar-refractivity contribution is 14.1. The topological polar surface area (TPSA) is 84.5 Å². The Kier molecular flexibility index (Phi) is 7.46. The van der Waals surface area contributed by atoms with Gasteiger partial charge in [0.15, 0.2) is 0 Å². The maximum absolute atomic E-state index is 12.8. The molecule has 0 aliphatic carbocycles. The molecule has 1 amide bonds. The van der Waals surface area contributed by atoms with Gasteiger partial charge in [0.2, 0.25) is 10.0 Å². The van der Waals surface area contributed by atoms with Gasteiger partial charge >= 0.3 is 0 Å². The number of benzene rings is 3. The van der Waals surface area contributed by atoms with Crippen LogP contribution in [0, 0.1) is 3.57 Å². The summed E-state index contributed by atoms with van der Waals surface area (Å²) in [6.07, 6.45) is 0.551. The minimum Gasteiger partial charge on any atom is -0.495 e. The van der Waals surface area contributed by atoms with Gasteiger partial charge in [-0.1, -0.05) is 30.3 Å². The molecule has 156 valence electrons. The normalized spacial score (nSPS) is 11.1. The van der Waals surface area contributed by atoms with E-state index in [4.69, 9.17) is 4.74 Å². The first-order valence-corrected chi connectivity index (χ1v) is 11.7. The van der Waals surface area contributed by atoms with Gasteiger partial charge in [-0.05, 0) is 77.0 Å². The average molecular weight is 536 g/mol. The molecule has 2 N–H and O–H groups in total. The summed E-state index contributed by atoms with van der Waals surface area (Å²) in [5.74, 6) is -0.229. The van der Waals surface area contributed by atoms with Crippen molar-refractivity contribution in [2.24, 2.45) is 0 Å². The van der Waals surface area contributed by atoms with Crippen molar-refractivity contribution >= 4 is 44.2 Å². The number of hydrogen-bond donors (Lipinski definition) is 2. The van der Waals surface area contributed by atoms with Crippen LogP contribution in [0.25, 0.3) is 0 Å². The summed E-state index contributed by atoms with van der Waals surface area (Å²) in [6.45, 7) is 0.231. The second-order valence-corrected chi connectivity index (χ2v) is 9.44. The van der Waals surface area contributed by atoms with Gasteiger partial charge in [0.05, 0.1) is 7.11 Å². The molecule has 3 aromatic carbocycles. The SMILES string of the molecule is COc1ccc(C(=O)Nc2ccc(I)cc2)cc1S(=O)(=O)NCCc1ccccc1. The van der Waals surface area contributed by atoms with E-state index in [0.717, 1.165) is 9.13 Å². The third-order valence-corrected chi connectivity index (χ3v) is 6.57. The number of carbonyl (C=O) groups excluding carboxylic acids is 1. The molecule has 3 rings (SSSR count). The smallest absolute Gasteiger partial charge is 0.255 e. The minimum absolute atomic E-state index is 0.0756. The largest absolute Gasteiger partial charge is 0.495 e. The van der Waals surface area contributed by atoms with Crippen LogP contribution in [0.15, 0.2) is 77.7 Å². The van der Waals surface area contributed by atoms with Crippen LogP contribution in [0.2, 0.25) is 0 Å². The van der Waals surface area contributed by atoms with Crippen LogP contribution in [-0.2, 0) is 16.4 Å². The minimum atomic E-state index is -3.86. The number of nitrogens with one attached hydrogen (secondary N) is 2. The van der Waals surface area contributed by atoms with Crippen LogP contribution in [0.4, 0.5) is 5.69 Å². The molecular weight excluding hydrogens is 515 g/mol. The lowest BCUT2D eigenvalue weighted by Crippen LogP contribution is -2.27. The molecule has 0 aliphatic rings. The standard InChI is InChI=1S/C22H21IN2O4S/c1-29-20-12-7-17(22(26)25-19-10-8-18(23)9-11-19)15-21(20)30(27,28)24-14-13-16-5-3-2-4-6-16/h2-12,15,24H,13-14H2,1H3,(H,25,26). The molecule has 0 bridgehead atoms. The molecule has 0 aliphatic heterocycles. The highest BCUT2D eigenvalue weighted by atomic mass is 127. The maximum Gasteiger partial charge on any atom is 0.255 e. The third-order valence-electron chi connectivity index (χ3n) is 4.37. The first-order chi connectivity index (χ1) is 14.4. The Hall–Kier alpha value is -2.43. The van der Waals surface area contributed by atoms with Crippen molar-refractivity contribution in [3.8, 4) is 5.75 Å². The zero-order valence-corrected chi connectivity index (χ0v) is 19.2. The highest BCUT2D eigenvalue weighted by Crippen LogP contribution is 2.25. The van der Waals surface area contributed by atoms with Crippen LogP contribution < -0.4 is 14.8 Å². The van der Waals surface area contributed by atoms with Gasteiger partial charge in [-0.15, -0.1) is 0 Å². The van der Waals surface area contributed by atoms with E-state index in [0.29, 0.717) is 12.1 Å². The number of methoxy groups -OCH3 is 1. The maximum atomic E-state index is 12.8. The van der Waals surface area contributed by atoms with E-state index in [2.05, 4.69) is 32.6 Å². The summed E-state index contributed by atoms with van der Waals surface area (Å²) in [4.78, 5) is 12.5. The van der Waals surface area contributed by atoms with Gasteiger partial charge in [-0.25, -0.2) is 13.1 Å². The molecule has 3 aromatic rings. The number of ether oxygens (including phenoxy) is 1. The Balaban J connectivity index is 1.77. The quantitative estimate of drug-likeness (QED) is 0.426. The van der Waals surface area contributed by atoms with Crippen molar-refractivity contribution in [2.75, 3.05) is 19.0 Å². The second kappa shape index (κ2) is 10.1. The van der Waals surface area contributed by atoms with E-state index in [1.165, 1.54) is 25.3 Å². The van der Waals surface area contributed by atoms with Gasteiger partial charge in [-0.3, -0.25) is 4.79 Å². The fraction of sp³-hybridized carbons (Fsp3) is 0.136. The van der Waals surface area contributed by atoms with Gasteiger partial charge < -0.3 is 10.1 Å². The monoisotopic (exact) mass is 536 g/mol. The first-order valence-electron chi connectivity index (χ1n) is 9.17. The number of hydrogen-bond acceptors (Lipinski definition) is 4. The lowest BCUT2D eigenvalue weighted by Gasteiger charge is -2.13. The first kappa shape index (κ1) is 22.3. The summed E-state index contributed by atoms with van der Waals surface area (Å²) in [5, 5.41) is 2.77. The van der Waals surface area contributed by atoms with Crippen LogP contribution in [0.5, 0.6) is 5.75 Å². The van der Waals surface area contributed by atoms with E-state index in [-0.39, 0.29) is 22.8 Å². The van der Waals surface area contributed by atoms with Gasteiger partial charge in [0.25, 0.3) is 5.91 Å². The zero-order valence-electron chi connectivity index (χ0n) is 16.3. The Labute approximate surface area is 189 Å². The molecule has 0 aromatic heterocycles. The van der Waals surface area contributed by atoms with Crippen molar-refractivity contribution in [3.63, 3.8) is 0 Å². The van der Waals surface area contributed by atoms with Crippen molar-refractivity contribution in [3.05, 3.63) is 87.5 Å². The van der Waals surface area contributed by atoms with Crippen LogP contribution >= 0.6 is 22.6 Å². The number of sulfonamides is 1. The number of halogens is 1. The molecule has 0 saturated heterocycles. The molecule has 0 spiro atoms. The molecule has 8 heteroatoms. The molecule has 6 nitrogen and oxygen atoms in total. The summed E-state index contributed by atoms with van der Waals surface area (Å²) < 4.78 is 34.5. The Morgan fingerprint density at radius 3 is 2.37 bits per heavy atom. The number of amides is 1. The van der Waals surface area contributed by atoms with Gasteiger partial charge in [0.1, 0.15) is 10.6 Å². The van der Waals surface area contributed by atoms with Crippen LogP contribution in [0.3, 0.4) is 0 Å². The Morgan fingerprint density at radius 2 is 1.70 bits per heavy atom. The van der Waals surface area contributed by atoms with E-state index in [1.807, 2.05) is 42.5 Å². The van der Waals surface area contributed by atoms with E-state index < -0.39 is 15.9 Å². The number of rotatable bonds is 8. The van der Waals surface area contributed by atoms with Crippen LogP contribution in [0.1, 0.15) is 15.9 Å². The third kappa shape index (κ3) is 5.80. The summed E-state index contributed by atoms with van der Waals surface area (Å²) in [6, 6.07) is 21.2. The Morgan fingerprint density at radius 1 is 1.00 bits per heavy atom. The van der Waals surface area contributed by atoms with Crippen molar-refractivity contribution in [1.82, 2.24) is 4.72 Å². The van der Waals surface area contributed by atoms with Crippen LogP contribution in [-0.4, -0.2) is 28.0 Å². The predicted octanol–water partition coefficient (Wildman–Crippen LogP) is 4.07. The summed E-state index contributed by atoms with van der Waals surface area (Å²) >= 11 is 2.18. The van der Waals surface area contributed by atoms with Crippen molar-refractivity contribution in [2.45, 2.75) is 11.3 Å². The fourth-order valence-corrected chi connectivity index (χ4v) is 4.40. The summed E-state index contributed by atoms with van der Waals surface area (Å²) in [7, 11) is -2.47. The van der Waals surface area contributed by atoms with Crippen molar-refractivity contribution in [1.29, 1.82) is 0 Å². The molecule has 0 fully saturated rings. The number of carbonyl (C=O) groups is 1. The Bertz CT molecular complexity index is 1120. The fourth-order valence-electron chi connectivity index (χ4n) is 2.82. The molecule has 0 saturated carbocycles. The van der Waals surface area contributed by atoms with Gasteiger partial charge in [-0.2, -0.15) is 0 Å². The average Bonchev–Trinajstić information content (AvgIpc) is 2.75. The van der Waals surface area contributed by atoms with E-state index >= 15 is 0 Å². The van der Waals surface area contributed by atoms with E-state index in [9.17, 15) is 13.2 Å². The molecule has 0 atom stereocenters. The lowest BCUT2D eigenvalue weighted by molar-refractivity contribution is 0.102. The van der Waals surface area contributed by atoms with Gasteiger partial charge in [0, 0.05) is 21.4 Å². The molecule has 30 heavy (non-hydrogen) atoms. The lowest BCUT2D eigenvalue weighted by atomic mass is 10.2. The van der Waals surface area contributed by atoms with E-state index in [1.54, 1.807) is 12.1 Å². The van der Waals surface area contributed by atoms with Crippen molar-refractivity contribution < 1.29 is 17.9 Å². The molecule has 0 radical (unpaired) electrons.